The Balaban J connectivity index is 2.35. The molecule has 0 heterocycles. The highest BCUT2D eigenvalue weighted by atomic mass is 35.5. The number of nitrogen functional groups attached to an aromatic ring is 1. The lowest BCUT2D eigenvalue weighted by Gasteiger charge is -2.49. The van der Waals surface area contributed by atoms with Gasteiger partial charge in [-0.15, -0.1) is 0 Å². The van der Waals surface area contributed by atoms with E-state index in [9.17, 15) is 20.2 Å². The van der Waals surface area contributed by atoms with Crippen molar-refractivity contribution in [3.05, 3.63) is 113 Å². The van der Waals surface area contributed by atoms with Crippen molar-refractivity contribution in [1.82, 2.24) is 0 Å². The summed E-state index contributed by atoms with van der Waals surface area (Å²) in [4.78, 5) is 25.1. The Bertz CT molecular complexity index is 1710. The molecule has 0 bridgehead atoms. The van der Waals surface area contributed by atoms with Gasteiger partial charge in [0.2, 0.25) is 0 Å². The maximum atomic E-state index is 11.6. The van der Waals surface area contributed by atoms with E-state index < -0.39 is 17.6 Å². The first-order valence-corrected chi connectivity index (χ1v) is 15.8. The second kappa shape index (κ2) is 10.8. The minimum atomic E-state index is -4.30. The summed E-state index contributed by atoms with van der Waals surface area (Å²) in [5, 5.41) is 23.5. The molecule has 4 aromatic carbocycles. The first-order valence-electron chi connectivity index (χ1n) is 11.3. The third kappa shape index (κ3) is 4.68. The van der Waals surface area contributed by atoms with Gasteiger partial charge in [0.05, 0.1) is 29.9 Å². The molecule has 0 saturated heterocycles. The number of halogens is 4. The van der Waals surface area contributed by atoms with Crippen LogP contribution in [0.15, 0.2) is 92.4 Å². The number of anilines is 2. The predicted molar refractivity (Wildman–Crippen MR) is 166 cm³/mol. The number of non-ortho nitro benzene ring substituents is 2. The topological polar surface area (TPSA) is 116 Å². The molecule has 208 valence electrons. The molecule has 0 amide bonds. The van der Waals surface area contributed by atoms with Crippen molar-refractivity contribution in [3.63, 3.8) is 0 Å². The van der Waals surface area contributed by atoms with Crippen LogP contribution in [0.25, 0.3) is 0 Å². The number of benzene rings is 4. The largest absolute Gasteiger partial charge is 0.399 e. The molecule has 14 heteroatoms. The third-order valence-corrected chi connectivity index (χ3v) is 15.0. The van der Waals surface area contributed by atoms with Gasteiger partial charge < -0.3 is 10.6 Å². The van der Waals surface area contributed by atoms with Crippen molar-refractivity contribution >= 4 is 88.1 Å². The van der Waals surface area contributed by atoms with Gasteiger partial charge in [0.15, 0.2) is 0 Å². The Morgan fingerprint density at radius 1 is 0.675 bits per heavy atom. The average molecular weight is 658 g/mol. The van der Waals surface area contributed by atoms with Gasteiger partial charge in [0.25, 0.3) is 11.4 Å². The summed E-state index contributed by atoms with van der Waals surface area (Å²) in [5.41, 5.74) is 6.62. The molecule has 0 fully saturated rings. The molecule has 0 unspecified atom stereocenters. The van der Waals surface area contributed by atoms with Crippen molar-refractivity contribution in [2.45, 2.75) is 19.6 Å². The Hall–Kier alpha value is -2.99. The van der Waals surface area contributed by atoms with Crippen LogP contribution in [0, 0.1) is 20.2 Å². The fourth-order valence-electron chi connectivity index (χ4n) is 4.47. The van der Waals surface area contributed by atoms with Gasteiger partial charge >= 0.3 is 0 Å². The molecular formula is C26H20Cl4N4O4S2. The molecule has 40 heavy (non-hydrogen) atoms. The van der Waals surface area contributed by atoms with Crippen LogP contribution >= 0.6 is 46.4 Å². The maximum Gasteiger partial charge on any atom is 0.270 e. The second-order valence-electron chi connectivity index (χ2n) is 8.89. The van der Waals surface area contributed by atoms with Gasteiger partial charge in [0.1, 0.15) is 0 Å². The first kappa shape index (κ1) is 30.0. The van der Waals surface area contributed by atoms with Crippen LogP contribution in [0.1, 0.15) is 0 Å². The van der Waals surface area contributed by atoms with Crippen LogP contribution in [0.5, 0.6) is 0 Å². The average Bonchev–Trinajstić information content (AvgIpc) is 2.87. The highest BCUT2D eigenvalue weighted by molar-refractivity contribution is 8.52. The molecule has 0 aliphatic carbocycles. The molecule has 0 radical (unpaired) electrons. The van der Waals surface area contributed by atoms with E-state index in [0.29, 0.717) is 15.5 Å². The number of nitro benzene ring substituents is 2. The first-order chi connectivity index (χ1) is 18.7. The zero-order valence-electron chi connectivity index (χ0n) is 20.8. The van der Waals surface area contributed by atoms with Gasteiger partial charge in [-0.25, -0.2) is 0 Å². The van der Waals surface area contributed by atoms with E-state index in [4.69, 9.17) is 63.3 Å². The highest BCUT2D eigenvalue weighted by Gasteiger charge is 2.47. The molecule has 0 aromatic heterocycles. The summed E-state index contributed by atoms with van der Waals surface area (Å²) in [6, 6.07) is 17.8. The number of nitrogens with zero attached hydrogens (tertiary/aromatic N) is 3. The van der Waals surface area contributed by atoms with Crippen LogP contribution in [-0.2, 0) is 18.9 Å². The lowest BCUT2D eigenvalue weighted by atomic mass is 10.3. The van der Waals surface area contributed by atoms with E-state index >= 15 is 0 Å². The van der Waals surface area contributed by atoms with Crippen molar-refractivity contribution in [1.29, 1.82) is 0 Å². The normalized spacial score (nSPS) is 12.4. The zero-order valence-corrected chi connectivity index (χ0v) is 25.5. The summed E-state index contributed by atoms with van der Waals surface area (Å²) >= 11 is 34.4. The number of nitro groups is 2. The molecule has 0 spiro atoms. The Labute approximate surface area is 254 Å². The van der Waals surface area contributed by atoms with E-state index in [0.717, 1.165) is 5.69 Å². The predicted octanol–water partition coefficient (Wildman–Crippen LogP) is 8.45. The molecule has 4 rings (SSSR count). The maximum absolute atomic E-state index is 11.6. The van der Waals surface area contributed by atoms with Crippen molar-refractivity contribution in [2.24, 2.45) is 0 Å². The van der Waals surface area contributed by atoms with Crippen LogP contribution in [0.4, 0.5) is 22.7 Å². The number of hydrogen-bond donors (Lipinski definition) is 1. The molecule has 0 aliphatic rings. The summed E-state index contributed by atoms with van der Waals surface area (Å²) < 4.78 is 0. The fourth-order valence-corrected chi connectivity index (χ4v) is 13.8. The quantitative estimate of drug-likeness (QED) is 0.120. The number of hydrogen-bond acceptors (Lipinski definition) is 7. The third-order valence-electron chi connectivity index (χ3n) is 6.32. The lowest BCUT2D eigenvalue weighted by molar-refractivity contribution is -0.385. The van der Waals surface area contributed by atoms with E-state index in [1.165, 1.54) is 42.5 Å². The van der Waals surface area contributed by atoms with E-state index in [1.54, 1.807) is 30.3 Å². The molecule has 0 saturated carbocycles. The Morgan fingerprint density at radius 2 is 1.05 bits per heavy atom. The molecule has 8 nitrogen and oxygen atoms in total. The van der Waals surface area contributed by atoms with E-state index in [-0.39, 0.29) is 41.3 Å². The number of rotatable bonds is 7. The van der Waals surface area contributed by atoms with Gasteiger partial charge in [-0.2, -0.15) is 0 Å². The van der Waals surface area contributed by atoms with Crippen LogP contribution in [0.2, 0.25) is 20.1 Å². The monoisotopic (exact) mass is 656 g/mol. The van der Waals surface area contributed by atoms with Gasteiger partial charge in [0, 0.05) is 69.3 Å². The highest BCUT2D eigenvalue weighted by Crippen LogP contribution is 2.63. The minimum Gasteiger partial charge on any atom is -0.399 e. The summed E-state index contributed by atoms with van der Waals surface area (Å²) in [7, 11) is -0.615. The van der Waals surface area contributed by atoms with Gasteiger partial charge in [-0.05, 0) is 48.5 Å². The fraction of sp³-hybridized carbons (Fsp3) is 0.0769. The molecular weight excluding hydrogens is 638 g/mol. The SMILES string of the molecule is CN(C)c1ccc(S(=S)(c2ccc(N)cc2Cl)(c2ccc([N+](=O)[O-])cc2Cl)c2ccc([N+](=O)[O-])cc2Cl)c(Cl)c1. The van der Waals surface area contributed by atoms with Crippen LogP contribution in [0.3, 0.4) is 0 Å². The Morgan fingerprint density at radius 3 is 1.40 bits per heavy atom. The lowest BCUT2D eigenvalue weighted by Crippen LogP contribution is -2.35. The van der Waals surface area contributed by atoms with Gasteiger partial charge in [-0.1, -0.05) is 65.3 Å². The standard InChI is InChI=1S/C26H20Cl4N4O4S2/c1-32(2)16-4-8-24(20(28)12-16)40(39,23-7-3-15(31)11-19(23)27,25-9-5-17(33(35)36)13-21(25)29)26-10-6-18(34(37)38)14-22(26)30/h3-14H,31H2,1-2H3. The van der Waals surface area contributed by atoms with Crippen LogP contribution < -0.4 is 10.6 Å². The summed E-state index contributed by atoms with van der Waals surface area (Å²) in [5.74, 6) is 0. The molecule has 4 aromatic rings. The minimum absolute atomic E-state index is 0.0405. The second-order valence-corrected chi connectivity index (χ2v) is 16.2. The van der Waals surface area contributed by atoms with E-state index in [2.05, 4.69) is 0 Å². The summed E-state index contributed by atoms with van der Waals surface area (Å²) in [6.07, 6.45) is 0. The van der Waals surface area contributed by atoms with Crippen molar-refractivity contribution < 1.29 is 9.85 Å². The molecule has 0 aliphatic heterocycles. The molecule has 0 atom stereocenters. The Kier molecular flexibility index (Phi) is 8.07. The smallest absolute Gasteiger partial charge is 0.270 e. The van der Waals surface area contributed by atoms with Crippen molar-refractivity contribution in [3.8, 4) is 0 Å². The number of nitrogens with two attached hydrogens (primary N) is 1. The van der Waals surface area contributed by atoms with E-state index in [1.807, 2.05) is 19.0 Å². The van der Waals surface area contributed by atoms with Crippen molar-refractivity contribution in [2.75, 3.05) is 24.7 Å². The van der Waals surface area contributed by atoms with Gasteiger partial charge in [-0.3, -0.25) is 20.2 Å². The summed E-state index contributed by atoms with van der Waals surface area (Å²) in [6.45, 7) is 0. The zero-order chi connectivity index (χ0) is 29.6. The molecule has 2 N–H and O–H groups in total. The van der Waals surface area contributed by atoms with Crippen LogP contribution in [-0.4, -0.2) is 23.9 Å².